The summed E-state index contributed by atoms with van der Waals surface area (Å²) in [7, 11) is 1.57. The predicted molar refractivity (Wildman–Crippen MR) is 133 cm³/mol. The third-order valence-corrected chi connectivity index (χ3v) is 6.43. The average Bonchev–Trinajstić information content (AvgIpc) is 3.53. The van der Waals surface area contributed by atoms with Gasteiger partial charge in [-0.15, -0.1) is 15.3 Å². The zero-order chi connectivity index (χ0) is 26.3. The number of carbonyl (C=O) groups is 1. The van der Waals surface area contributed by atoms with E-state index in [0.717, 1.165) is 10.8 Å². The number of hydrogen-bond acceptors (Lipinski definition) is 9. The van der Waals surface area contributed by atoms with E-state index in [-0.39, 0.29) is 25.2 Å². The van der Waals surface area contributed by atoms with Gasteiger partial charge in [-0.25, -0.2) is 4.39 Å². The number of rotatable bonds is 8. The molecule has 194 valence electrons. The summed E-state index contributed by atoms with van der Waals surface area (Å²) in [5.41, 5.74) is 0.825. The number of halogens is 1. The van der Waals surface area contributed by atoms with E-state index in [4.69, 9.17) is 14.0 Å². The number of methoxy groups -OCH3 is 1. The Kier molecular flexibility index (Phi) is 5.95. The second kappa shape index (κ2) is 9.45. The van der Waals surface area contributed by atoms with E-state index in [2.05, 4.69) is 30.8 Å². The van der Waals surface area contributed by atoms with Crippen molar-refractivity contribution in [3.63, 3.8) is 0 Å². The van der Waals surface area contributed by atoms with Crippen molar-refractivity contribution in [2.24, 2.45) is 0 Å². The van der Waals surface area contributed by atoms with Crippen molar-refractivity contribution in [1.29, 1.82) is 0 Å². The molecule has 38 heavy (non-hydrogen) atoms. The topological polar surface area (TPSA) is 130 Å². The molecule has 1 saturated carbocycles. The largest absolute Gasteiger partial charge is 0.470 e. The number of nitrogens with zero attached hydrogens (tertiary/aromatic N) is 6. The maximum atomic E-state index is 13.7. The maximum Gasteiger partial charge on any atom is 0.253 e. The van der Waals surface area contributed by atoms with Gasteiger partial charge in [-0.05, 0) is 25.1 Å². The van der Waals surface area contributed by atoms with Crippen LogP contribution in [0.2, 0.25) is 0 Å². The lowest BCUT2D eigenvalue weighted by molar-refractivity contribution is 0.0445. The molecule has 5 aromatic rings. The molecule has 1 aliphatic rings. The summed E-state index contributed by atoms with van der Waals surface area (Å²) in [6.07, 6.45) is 2.13. The second-order valence-corrected chi connectivity index (χ2v) is 9.54. The van der Waals surface area contributed by atoms with Crippen LogP contribution in [-0.4, -0.2) is 54.7 Å². The summed E-state index contributed by atoms with van der Waals surface area (Å²) in [5.74, 6) is 1.03. The quantitative estimate of drug-likeness (QED) is 0.328. The summed E-state index contributed by atoms with van der Waals surface area (Å²) in [5, 5.41) is 21.7. The molecule has 4 aromatic heterocycles. The van der Waals surface area contributed by atoms with Crippen LogP contribution in [0.5, 0.6) is 5.88 Å². The molecule has 1 N–H and O–H groups in total. The fourth-order valence-corrected chi connectivity index (χ4v) is 4.57. The highest BCUT2D eigenvalue weighted by atomic mass is 19.1. The smallest absolute Gasteiger partial charge is 0.253 e. The first-order valence-electron chi connectivity index (χ1n) is 12.1. The number of amides is 1. The van der Waals surface area contributed by atoms with Crippen LogP contribution in [0, 0.1) is 0 Å². The predicted octanol–water partition coefficient (Wildman–Crippen LogP) is 3.67. The molecule has 1 aromatic carbocycles. The van der Waals surface area contributed by atoms with E-state index in [0.29, 0.717) is 52.9 Å². The van der Waals surface area contributed by atoms with E-state index in [9.17, 15) is 9.18 Å². The molecule has 0 spiro atoms. The molecule has 0 unspecified atom stereocenters. The SMILES string of the molecule is COCc1cc(-c2nnc3c4ccccc4c(OCc4ccc(C(=O)NC5CC(C)(F)C5)cn4)nn23)no1. The van der Waals surface area contributed by atoms with Gasteiger partial charge in [-0.2, -0.15) is 4.52 Å². The van der Waals surface area contributed by atoms with Gasteiger partial charge in [-0.1, -0.05) is 23.4 Å². The number of alkyl halides is 1. The molecule has 6 rings (SSSR count). The van der Waals surface area contributed by atoms with E-state index in [1.807, 2.05) is 24.3 Å². The van der Waals surface area contributed by atoms with Gasteiger partial charge in [0.05, 0.1) is 11.3 Å². The Balaban J connectivity index is 1.23. The Morgan fingerprint density at radius 3 is 2.74 bits per heavy atom. The van der Waals surface area contributed by atoms with Crippen molar-refractivity contribution >= 4 is 22.3 Å². The number of hydrogen-bond donors (Lipinski definition) is 1. The number of ether oxygens (including phenoxy) is 2. The molecule has 1 aliphatic carbocycles. The van der Waals surface area contributed by atoms with Gasteiger partial charge >= 0.3 is 0 Å². The van der Waals surface area contributed by atoms with Crippen molar-refractivity contribution in [2.45, 2.75) is 44.7 Å². The Bertz CT molecular complexity index is 1620. The first-order chi connectivity index (χ1) is 18.4. The van der Waals surface area contributed by atoms with Crippen LogP contribution < -0.4 is 10.1 Å². The maximum absolute atomic E-state index is 13.7. The number of benzene rings is 1. The molecule has 1 fully saturated rings. The van der Waals surface area contributed by atoms with Gasteiger partial charge in [0, 0.05) is 49.0 Å². The van der Waals surface area contributed by atoms with Crippen LogP contribution in [0.3, 0.4) is 0 Å². The van der Waals surface area contributed by atoms with Crippen LogP contribution in [0.4, 0.5) is 4.39 Å². The average molecular weight is 518 g/mol. The van der Waals surface area contributed by atoms with Gasteiger partial charge in [0.15, 0.2) is 17.1 Å². The zero-order valence-electron chi connectivity index (χ0n) is 20.7. The number of fused-ring (bicyclic) bond motifs is 3. The normalized spacial score (nSPS) is 19.0. The minimum absolute atomic E-state index is 0.118. The molecule has 4 heterocycles. The summed E-state index contributed by atoms with van der Waals surface area (Å²) < 4.78 is 31.7. The number of pyridine rings is 1. The lowest BCUT2D eigenvalue weighted by Crippen LogP contribution is -2.51. The van der Waals surface area contributed by atoms with Crippen molar-refractivity contribution in [1.82, 2.24) is 35.3 Å². The van der Waals surface area contributed by atoms with Crippen LogP contribution in [0.15, 0.2) is 53.2 Å². The minimum atomic E-state index is -1.20. The monoisotopic (exact) mass is 517 g/mol. The van der Waals surface area contributed by atoms with Gasteiger partial charge < -0.3 is 19.3 Å². The highest BCUT2D eigenvalue weighted by Crippen LogP contribution is 2.35. The second-order valence-electron chi connectivity index (χ2n) is 9.54. The Labute approximate surface area is 216 Å². The molecule has 0 saturated heterocycles. The van der Waals surface area contributed by atoms with Crippen molar-refractivity contribution in [3.8, 4) is 17.4 Å². The van der Waals surface area contributed by atoms with Crippen molar-refractivity contribution < 1.29 is 23.2 Å². The van der Waals surface area contributed by atoms with Crippen LogP contribution in [-0.2, 0) is 18.0 Å². The van der Waals surface area contributed by atoms with Crippen LogP contribution in [0.1, 0.15) is 41.6 Å². The van der Waals surface area contributed by atoms with E-state index in [1.54, 1.807) is 36.7 Å². The number of carbonyl (C=O) groups excluding carboxylic acids is 1. The van der Waals surface area contributed by atoms with Crippen LogP contribution >= 0.6 is 0 Å². The molecule has 1 amide bonds. The standard InChI is InChI=1S/C26H24FN7O4/c1-26(27)10-17(11-26)29-24(35)15-7-8-16(28-12-15)13-37-25-20-6-4-3-5-19(20)22-30-31-23(34(22)32-25)21-9-18(14-36-2)38-33-21/h3-9,12,17H,10-11,13-14H2,1-2H3,(H,29,35). The molecular formula is C26H24FN7O4. The fraction of sp³-hybridized carbons (Fsp3) is 0.308. The van der Waals surface area contributed by atoms with E-state index >= 15 is 0 Å². The summed E-state index contributed by atoms with van der Waals surface area (Å²) in [6, 6.07) is 12.5. The lowest BCUT2D eigenvalue weighted by Gasteiger charge is -2.38. The van der Waals surface area contributed by atoms with Gasteiger partial charge in [0.1, 0.15) is 18.9 Å². The molecular weight excluding hydrogens is 493 g/mol. The molecule has 12 heteroatoms. The minimum Gasteiger partial charge on any atom is -0.470 e. The third kappa shape index (κ3) is 4.54. The molecule has 0 aliphatic heterocycles. The lowest BCUT2D eigenvalue weighted by atomic mass is 9.79. The third-order valence-electron chi connectivity index (χ3n) is 6.43. The van der Waals surface area contributed by atoms with Crippen molar-refractivity contribution in [2.75, 3.05) is 7.11 Å². The van der Waals surface area contributed by atoms with Crippen molar-refractivity contribution in [3.05, 3.63) is 65.7 Å². The van der Waals surface area contributed by atoms with Gasteiger partial charge in [0.2, 0.25) is 11.7 Å². The van der Waals surface area contributed by atoms with E-state index in [1.165, 1.54) is 6.20 Å². The van der Waals surface area contributed by atoms with E-state index < -0.39 is 5.67 Å². The Hall–Kier alpha value is -4.45. The fourth-order valence-electron chi connectivity index (χ4n) is 4.57. The summed E-state index contributed by atoms with van der Waals surface area (Å²) in [4.78, 5) is 16.8. The van der Waals surface area contributed by atoms with Gasteiger partial charge in [0.25, 0.3) is 5.91 Å². The molecule has 0 radical (unpaired) electrons. The molecule has 0 atom stereocenters. The van der Waals surface area contributed by atoms with Crippen LogP contribution in [0.25, 0.3) is 27.9 Å². The number of nitrogens with one attached hydrogen (secondary N) is 1. The molecule has 0 bridgehead atoms. The number of aromatic nitrogens is 6. The highest BCUT2D eigenvalue weighted by Gasteiger charge is 2.41. The highest BCUT2D eigenvalue weighted by molar-refractivity contribution is 5.97. The molecule has 11 nitrogen and oxygen atoms in total. The summed E-state index contributed by atoms with van der Waals surface area (Å²) >= 11 is 0. The Morgan fingerprint density at radius 1 is 1.18 bits per heavy atom. The summed E-state index contributed by atoms with van der Waals surface area (Å²) in [6.45, 7) is 1.94. The zero-order valence-corrected chi connectivity index (χ0v) is 20.7. The Morgan fingerprint density at radius 2 is 2.00 bits per heavy atom. The first-order valence-corrected chi connectivity index (χ1v) is 12.1. The van der Waals surface area contributed by atoms with Gasteiger partial charge in [-0.3, -0.25) is 9.78 Å². The first kappa shape index (κ1) is 23.9.